The molecular weight excluding hydrogens is 416 g/mol. The van der Waals surface area contributed by atoms with Crippen molar-refractivity contribution in [2.24, 2.45) is 0 Å². The van der Waals surface area contributed by atoms with Gasteiger partial charge in [0.05, 0.1) is 5.52 Å². The van der Waals surface area contributed by atoms with Gasteiger partial charge < -0.3 is 9.67 Å². The van der Waals surface area contributed by atoms with Gasteiger partial charge >= 0.3 is 0 Å². The Hall–Kier alpha value is -2.33. The SMILES string of the molecule is CCC(Cl)CCCCC(Cc1ccccc1)n1c(C2=CC2)cc2c(O)c(F)cc(F)c21. The fourth-order valence-electron chi connectivity index (χ4n) is 4.37. The number of fused-ring (bicyclic) bond motifs is 1. The molecule has 2 unspecified atom stereocenters. The molecule has 1 aliphatic rings. The number of phenolic OH excluding ortho intramolecular Hbond substituents is 1. The van der Waals surface area contributed by atoms with Crippen LogP contribution < -0.4 is 0 Å². The van der Waals surface area contributed by atoms with Crippen LogP contribution in [0.25, 0.3) is 16.5 Å². The molecule has 164 valence electrons. The maximum atomic E-state index is 15.0. The molecule has 0 saturated carbocycles. The lowest BCUT2D eigenvalue weighted by Gasteiger charge is -2.23. The van der Waals surface area contributed by atoms with Gasteiger partial charge in [0.2, 0.25) is 0 Å². The van der Waals surface area contributed by atoms with Gasteiger partial charge in [0.1, 0.15) is 0 Å². The number of alkyl halides is 1. The number of unbranched alkanes of at least 4 members (excludes halogenated alkanes) is 1. The lowest BCUT2D eigenvalue weighted by molar-refractivity contribution is 0.429. The van der Waals surface area contributed by atoms with E-state index in [9.17, 15) is 9.50 Å². The highest BCUT2D eigenvalue weighted by Gasteiger charge is 2.27. The van der Waals surface area contributed by atoms with Crippen molar-refractivity contribution in [3.05, 3.63) is 71.4 Å². The van der Waals surface area contributed by atoms with Gasteiger partial charge in [-0.1, -0.05) is 56.2 Å². The Kier molecular flexibility index (Phi) is 6.66. The van der Waals surface area contributed by atoms with Crippen molar-refractivity contribution in [2.45, 2.75) is 63.3 Å². The second-order valence-electron chi connectivity index (χ2n) is 8.42. The zero-order valence-electron chi connectivity index (χ0n) is 17.8. The molecule has 0 aliphatic heterocycles. The standard InChI is InChI=1S/C26H28ClF2NO/c1-2-19(27)10-6-7-11-20(14-17-8-4-3-5-9-17)30-24(18-12-13-18)15-21-25(30)22(28)16-23(29)26(21)31/h3-5,8-9,12,15-16,19-20,31H,2,6-7,10-11,13-14H2,1H3. The summed E-state index contributed by atoms with van der Waals surface area (Å²) in [7, 11) is 0. The van der Waals surface area contributed by atoms with Crippen LogP contribution in [-0.2, 0) is 6.42 Å². The Morgan fingerprint density at radius 3 is 2.45 bits per heavy atom. The Bertz CT molecular complexity index is 1090. The molecular formula is C26H28ClF2NO. The predicted octanol–water partition coefficient (Wildman–Crippen LogP) is 7.77. The highest BCUT2D eigenvalue weighted by atomic mass is 35.5. The van der Waals surface area contributed by atoms with E-state index in [0.29, 0.717) is 0 Å². The van der Waals surface area contributed by atoms with E-state index in [0.717, 1.165) is 62.3 Å². The van der Waals surface area contributed by atoms with Crippen molar-refractivity contribution >= 4 is 28.1 Å². The van der Waals surface area contributed by atoms with Gasteiger partial charge in [0.15, 0.2) is 17.4 Å². The largest absolute Gasteiger partial charge is 0.504 e. The van der Waals surface area contributed by atoms with Crippen LogP contribution in [0.3, 0.4) is 0 Å². The van der Waals surface area contributed by atoms with Crippen molar-refractivity contribution in [1.29, 1.82) is 0 Å². The van der Waals surface area contributed by atoms with Crippen molar-refractivity contribution in [1.82, 2.24) is 4.57 Å². The average molecular weight is 444 g/mol. The lowest BCUT2D eigenvalue weighted by atomic mass is 9.98. The predicted molar refractivity (Wildman–Crippen MR) is 124 cm³/mol. The molecule has 2 atom stereocenters. The minimum Gasteiger partial charge on any atom is -0.504 e. The number of nitrogens with zero attached hydrogens (tertiary/aromatic N) is 1. The second kappa shape index (κ2) is 9.44. The van der Waals surface area contributed by atoms with E-state index >= 15 is 4.39 Å². The first-order chi connectivity index (χ1) is 15.0. The third-order valence-electron chi connectivity index (χ3n) is 6.16. The summed E-state index contributed by atoms with van der Waals surface area (Å²) in [6, 6.07) is 12.7. The molecule has 1 heterocycles. The third kappa shape index (κ3) is 4.79. The van der Waals surface area contributed by atoms with Gasteiger partial charge in [-0.05, 0) is 49.3 Å². The zero-order chi connectivity index (χ0) is 22.0. The lowest BCUT2D eigenvalue weighted by Crippen LogP contribution is -2.15. The number of allylic oxidation sites excluding steroid dienone is 2. The summed E-state index contributed by atoms with van der Waals surface area (Å²) in [5.41, 5.74) is 3.44. The van der Waals surface area contributed by atoms with E-state index in [1.807, 2.05) is 22.8 Å². The summed E-state index contributed by atoms with van der Waals surface area (Å²) < 4.78 is 31.1. The fraction of sp³-hybridized carbons (Fsp3) is 0.385. The Morgan fingerprint density at radius 2 is 1.77 bits per heavy atom. The van der Waals surface area contributed by atoms with E-state index in [2.05, 4.69) is 25.1 Å². The topological polar surface area (TPSA) is 25.2 Å². The quantitative estimate of drug-likeness (QED) is 0.251. The van der Waals surface area contributed by atoms with Gasteiger partial charge in [0, 0.05) is 28.6 Å². The summed E-state index contributed by atoms with van der Waals surface area (Å²) in [6.45, 7) is 2.09. The van der Waals surface area contributed by atoms with E-state index < -0.39 is 17.4 Å². The molecule has 0 saturated heterocycles. The number of hydrogen-bond acceptors (Lipinski definition) is 1. The molecule has 5 heteroatoms. The molecule has 3 aromatic rings. The first kappa shape index (κ1) is 21.9. The van der Waals surface area contributed by atoms with E-state index in [-0.39, 0.29) is 22.3 Å². The van der Waals surface area contributed by atoms with Crippen LogP contribution in [0.15, 0.2) is 48.5 Å². The average Bonchev–Trinajstić information content (AvgIpc) is 3.54. The molecule has 0 spiro atoms. The molecule has 2 aromatic carbocycles. The highest BCUT2D eigenvalue weighted by Crippen LogP contribution is 2.42. The molecule has 1 N–H and O–H groups in total. The number of halogens is 3. The molecule has 0 bridgehead atoms. The van der Waals surface area contributed by atoms with Gasteiger partial charge in [-0.25, -0.2) is 8.78 Å². The summed E-state index contributed by atoms with van der Waals surface area (Å²) in [5, 5.41) is 10.7. The molecule has 4 rings (SSSR count). The summed E-state index contributed by atoms with van der Waals surface area (Å²) in [4.78, 5) is 0. The number of aromatic hydroxyl groups is 1. The van der Waals surface area contributed by atoms with Crippen LogP contribution in [0.2, 0.25) is 0 Å². The Morgan fingerprint density at radius 1 is 1.06 bits per heavy atom. The molecule has 0 amide bonds. The summed E-state index contributed by atoms with van der Waals surface area (Å²) in [6.07, 6.45) is 8.39. The normalized spacial score (nSPS) is 15.2. The third-order valence-corrected chi connectivity index (χ3v) is 6.69. The fourth-order valence-corrected chi connectivity index (χ4v) is 4.53. The van der Waals surface area contributed by atoms with Crippen LogP contribution in [-0.4, -0.2) is 15.1 Å². The van der Waals surface area contributed by atoms with Crippen LogP contribution >= 0.6 is 11.6 Å². The first-order valence-corrected chi connectivity index (χ1v) is 11.5. The first-order valence-electron chi connectivity index (χ1n) is 11.1. The van der Waals surface area contributed by atoms with E-state index in [1.54, 1.807) is 6.07 Å². The Balaban J connectivity index is 1.73. The number of aromatic nitrogens is 1. The summed E-state index contributed by atoms with van der Waals surface area (Å²) >= 11 is 6.29. The maximum absolute atomic E-state index is 15.0. The summed E-state index contributed by atoms with van der Waals surface area (Å²) in [5.74, 6) is -2.04. The van der Waals surface area contributed by atoms with E-state index in [1.165, 1.54) is 5.56 Å². The second-order valence-corrected chi connectivity index (χ2v) is 9.03. The zero-order valence-corrected chi connectivity index (χ0v) is 18.5. The van der Waals surface area contributed by atoms with Gasteiger partial charge in [-0.3, -0.25) is 0 Å². The molecule has 0 fully saturated rings. The van der Waals surface area contributed by atoms with Crippen molar-refractivity contribution in [3.8, 4) is 5.75 Å². The minimum absolute atomic E-state index is 0.00818. The smallest absolute Gasteiger partial charge is 0.168 e. The molecule has 0 radical (unpaired) electrons. The number of phenols is 1. The van der Waals surface area contributed by atoms with Crippen LogP contribution in [0, 0.1) is 11.6 Å². The number of rotatable bonds is 10. The van der Waals surface area contributed by atoms with Gasteiger partial charge in [0.25, 0.3) is 0 Å². The van der Waals surface area contributed by atoms with E-state index in [4.69, 9.17) is 11.6 Å². The monoisotopic (exact) mass is 443 g/mol. The van der Waals surface area contributed by atoms with Crippen LogP contribution in [0.4, 0.5) is 8.78 Å². The highest BCUT2D eigenvalue weighted by molar-refractivity contribution is 6.20. The minimum atomic E-state index is -0.925. The van der Waals surface area contributed by atoms with Crippen LogP contribution in [0.5, 0.6) is 5.75 Å². The van der Waals surface area contributed by atoms with Crippen molar-refractivity contribution < 1.29 is 13.9 Å². The van der Waals surface area contributed by atoms with Crippen molar-refractivity contribution in [3.63, 3.8) is 0 Å². The van der Waals surface area contributed by atoms with Crippen molar-refractivity contribution in [2.75, 3.05) is 0 Å². The molecule has 31 heavy (non-hydrogen) atoms. The number of benzene rings is 2. The maximum Gasteiger partial charge on any atom is 0.168 e. The van der Waals surface area contributed by atoms with Gasteiger partial charge in [-0.2, -0.15) is 0 Å². The molecule has 1 aliphatic carbocycles. The number of hydrogen-bond donors (Lipinski definition) is 1. The Labute approximate surface area is 187 Å². The molecule has 2 nitrogen and oxygen atoms in total. The van der Waals surface area contributed by atoms with Crippen LogP contribution in [0.1, 0.15) is 62.7 Å². The van der Waals surface area contributed by atoms with Gasteiger partial charge in [-0.15, -0.1) is 11.6 Å². The molecule has 1 aromatic heterocycles.